The van der Waals surface area contributed by atoms with Crippen molar-refractivity contribution in [1.29, 1.82) is 0 Å². The van der Waals surface area contributed by atoms with Crippen LogP contribution in [0.25, 0.3) is 11.3 Å². The van der Waals surface area contributed by atoms with E-state index in [4.69, 9.17) is 18.9 Å². The largest absolute Gasteiger partial charge is 0.494 e. The number of benzene rings is 1. The molecule has 0 radical (unpaired) electrons. The normalized spacial score (nSPS) is 16.2. The van der Waals surface area contributed by atoms with E-state index in [1.54, 1.807) is 13.2 Å². The Morgan fingerprint density at radius 2 is 2.05 bits per heavy atom. The van der Waals surface area contributed by atoms with E-state index < -0.39 is 0 Å². The number of methoxy groups -OCH3 is 1. The molecule has 1 atom stereocenters. The van der Waals surface area contributed by atoms with E-state index in [1.165, 1.54) is 0 Å². The Hall–Kier alpha value is -2.34. The minimum atomic E-state index is 0.186. The molecule has 3 rings (SSSR count). The maximum atomic E-state index is 5.86. The zero-order valence-corrected chi connectivity index (χ0v) is 12.6. The van der Waals surface area contributed by atoms with E-state index in [0.717, 1.165) is 23.6 Å². The lowest BCUT2D eigenvalue weighted by atomic mass is 10.1. The molecule has 1 aromatic heterocycles. The van der Waals surface area contributed by atoms with Crippen LogP contribution in [0.15, 0.2) is 30.3 Å². The van der Waals surface area contributed by atoms with Crippen molar-refractivity contribution in [2.45, 2.75) is 13.0 Å². The maximum Gasteiger partial charge on any atom is 0.233 e. The number of rotatable bonds is 7. The van der Waals surface area contributed by atoms with Gasteiger partial charge in [-0.3, -0.25) is 0 Å². The average molecular weight is 302 g/mol. The summed E-state index contributed by atoms with van der Waals surface area (Å²) in [4.78, 5) is 0. The summed E-state index contributed by atoms with van der Waals surface area (Å²) in [6, 6.07) is 9.30. The fourth-order valence-corrected chi connectivity index (χ4v) is 2.01. The summed E-state index contributed by atoms with van der Waals surface area (Å²) in [7, 11) is 1.56. The molecule has 0 saturated carbocycles. The van der Waals surface area contributed by atoms with Crippen LogP contribution in [-0.2, 0) is 4.74 Å². The topological polar surface area (TPSA) is 66.0 Å². The molecule has 1 aromatic carbocycles. The second kappa shape index (κ2) is 6.62. The van der Waals surface area contributed by atoms with Gasteiger partial charge in [-0.1, -0.05) is 0 Å². The first-order valence-electron chi connectivity index (χ1n) is 7.19. The Bertz CT molecular complexity index is 627. The molecule has 22 heavy (non-hydrogen) atoms. The Balaban J connectivity index is 1.88. The van der Waals surface area contributed by atoms with E-state index in [0.29, 0.717) is 24.8 Å². The fourth-order valence-electron chi connectivity index (χ4n) is 2.01. The minimum absolute atomic E-state index is 0.186. The van der Waals surface area contributed by atoms with Crippen molar-refractivity contribution in [3.05, 3.63) is 30.3 Å². The van der Waals surface area contributed by atoms with E-state index in [1.807, 2.05) is 31.2 Å². The van der Waals surface area contributed by atoms with E-state index in [-0.39, 0.29) is 6.10 Å². The molecule has 1 unspecified atom stereocenters. The lowest BCUT2D eigenvalue weighted by Crippen LogP contribution is -2.06. The number of aromatic nitrogens is 2. The van der Waals surface area contributed by atoms with Gasteiger partial charge in [0.05, 0.1) is 26.0 Å². The van der Waals surface area contributed by atoms with Gasteiger partial charge >= 0.3 is 0 Å². The molecular formula is C16H18N2O4. The van der Waals surface area contributed by atoms with E-state index >= 15 is 0 Å². The highest BCUT2D eigenvalue weighted by Gasteiger charge is 2.24. The third kappa shape index (κ3) is 3.46. The molecule has 1 saturated heterocycles. The van der Waals surface area contributed by atoms with Crippen molar-refractivity contribution >= 4 is 0 Å². The highest BCUT2D eigenvalue weighted by atomic mass is 16.6. The molecule has 6 heteroatoms. The summed E-state index contributed by atoms with van der Waals surface area (Å²) in [5.74, 6) is 1.95. The monoisotopic (exact) mass is 302 g/mol. The summed E-state index contributed by atoms with van der Waals surface area (Å²) in [6.45, 7) is 3.82. The van der Waals surface area contributed by atoms with Crippen LogP contribution >= 0.6 is 0 Å². The van der Waals surface area contributed by atoms with Gasteiger partial charge in [0, 0.05) is 17.7 Å². The number of hydrogen-bond acceptors (Lipinski definition) is 6. The summed E-state index contributed by atoms with van der Waals surface area (Å²) < 4.78 is 21.6. The lowest BCUT2D eigenvalue weighted by molar-refractivity contribution is 0.262. The van der Waals surface area contributed by atoms with E-state index in [9.17, 15) is 0 Å². The SMILES string of the molecule is CCOc1ccc(-c2ccc(OC)nn2)c(OCC2CO2)c1. The van der Waals surface area contributed by atoms with Crippen LogP contribution in [0.2, 0.25) is 0 Å². The minimum Gasteiger partial charge on any atom is -0.494 e. The highest BCUT2D eigenvalue weighted by molar-refractivity contribution is 5.68. The molecule has 0 spiro atoms. The maximum absolute atomic E-state index is 5.86. The average Bonchev–Trinajstić information content (AvgIpc) is 3.38. The third-order valence-electron chi connectivity index (χ3n) is 3.22. The standard InChI is InChI=1S/C16H18N2O4/c1-3-20-11-4-5-13(14-6-7-16(19-2)18-17-14)15(8-11)22-10-12-9-21-12/h4-8,12H,3,9-10H2,1-2H3. The van der Waals surface area contributed by atoms with Crippen LogP contribution in [0.4, 0.5) is 0 Å². The zero-order valence-electron chi connectivity index (χ0n) is 12.6. The summed E-state index contributed by atoms with van der Waals surface area (Å²) in [5.41, 5.74) is 1.58. The van der Waals surface area contributed by atoms with Crippen LogP contribution in [0.3, 0.4) is 0 Å². The number of hydrogen-bond donors (Lipinski definition) is 0. The molecular weight excluding hydrogens is 284 g/mol. The number of epoxide rings is 1. The van der Waals surface area contributed by atoms with Crippen LogP contribution in [-0.4, -0.2) is 43.2 Å². The Kier molecular flexibility index (Phi) is 4.39. The summed E-state index contributed by atoms with van der Waals surface area (Å²) >= 11 is 0. The van der Waals surface area contributed by atoms with Gasteiger partial charge in [-0.05, 0) is 25.1 Å². The van der Waals surface area contributed by atoms with E-state index in [2.05, 4.69) is 10.2 Å². The van der Waals surface area contributed by atoms with Gasteiger partial charge in [0.1, 0.15) is 24.2 Å². The first-order valence-corrected chi connectivity index (χ1v) is 7.19. The molecule has 0 amide bonds. The molecule has 116 valence electrons. The fraction of sp³-hybridized carbons (Fsp3) is 0.375. The second-order valence-electron chi connectivity index (χ2n) is 4.82. The van der Waals surface area contributed by atoms with Gasteiger partial charge in [-0.25, -0.2) is 0 Å². The van der Waals surface area contributed by atoms with Gasteiger partial charge in [-0.2, -0.15) is 0 Å². The molecule has 0 N–H and O–H groups in total. The quantitative estimate of drug-likeness (QED) is 0.731. The van der Waals surface area contributed by atoms with Gasteiger partial charge in [0.15, 0.2) is 0 Å². The van der Waals surface area contributed by atoms with Crippen molar-refractivity contribution < 1.29 is 18.9 Å². The first-order chi connectivity index (χ1) is 10.8. The molecule has 2 heterocycles. The molecule has 2 aromatic rings. The molecule has 1 aliphatic rings. The molecule has 1 fully saturated rings. The van der Waals surface area contributed by atoms with Crippen LogP contribution in [0.5, 0.6) is 17.4 Å². The van der Waals surface area contributed by atoms with Crippen LogP contribution in [0.1, 0.15) is 6.92 Å². The Morgan fingerprint density at radius 3 is 2.68 bits per heavy atom. The van der Waals surface area contributed by atoms with Gasteiger partial charge in [0.2, 0.25) is 5.88 Å². The van der Waals surface area contributed by atoms with Crippen molar-refractivity contribution in [3.8, 4) is 28.6 Å². The van der Waals surface area contributed by atoms with Crippen LogP contribution in [0, 0.1) is 0 Å². The summed E-state index contributed by atoms with van der Waals surface area (Å²) in [6.07, 6.45) is 0.186. The zero-order chi connectivity index (χ0) is 15.4. The predicted molar refractivity (Wildman–Crippen MR) is 80.4 cm³/mol. The number of ether oxygens (including phenoxy) is 4. The summed E-state index contributed by atoms with van der Waals surface area (Å²) in [5, 5.41) is 8.17. The lowest BCUT2D eigenvalue weighted by Gasteiger charge is -2.12. The predicted octanol–water partition coefficient (Wildman–Crippen LogP) is 2.33. The van der Waals surface area contributed by atoms with Crippen LogP contribution < -0.4 is 14.2 Å². The Labute approximate surface area is 129 Å². The van der Waals surface area contributed by atoms with Gasteiger partial charge < -0.3 is 18.9 Å². The number of nitrogens with zero attached hydrogens (tertiary/aromatic N) is 2. The van der Waals surface area contributed by atoms with Crippen molar-refractivity contribution in [2.24, 2.45) is 0 Å². The molecule has 0 aliphatic carbocycles. The highest BCUT2D eigenvalue weighted by Crippen LogP contribution is 2.33. The van der Waals surface area contributed by atoms with Gasteiger partial charge in [-0.15, -0.1) is 10.2 Å². The molecule has 6 nitrogen and oxygen atoms in total. The van der Waals surface area contributed by atoms with Crippen molar-refractivity contribution in [3.63, 3.8) is 0 Å². The Morgan fingerprint density at radius 1 is 1.18 bits per heavy atom. The third-order valence-corrected chi connectivity index (χ3v) is 3.22. The van der Waals surface area contributed by atoms with Crippen molar-refractivity contribution in [1.82, 2.24) is 10.2 Å². The van der Waals surface area contributed by atoms with Gasteiger partial charge in [0.25, 0.3) is 0 Å². The second-order valence-corrected chi connectivity index (χ2v) is 4.82. The van der Waals surface area contributed by atoms with Crippen molar-refractivity contribution in [2.75, 3.05) is 26.9 Å². The first kappa shape index (κ1) is 14.6. The molecule has 1 aliphatic heterocycles. The smallest absolute Gasteiger partial charge is 0.233 e. The molecule has 0 bridgehead atoms.